The third-order valence-electron chi connectivity index (χ3n) is 3.01. The van der Waals surface area contributed by atoms with Gasteiger partial charge in [0.05, 0.1) is 12.1 Å². The predicted octanol–water partition coefficient (Wildman–Crippen LogP) is 1.36. The molecule has 0 saturated carbocycles. The standard InChI is InChI=1S/C12H15ClN2O3/c1-7-6-15(11(16)12(17)18-7)8(2)9-3-4-10(13)14-5-9/h3-5,7-8,12,17H,6H2,1-2H3/t7-,8-,12?/m0/s1. The van der Waals surface area contributed by atoms with Crippen LogP contribution in [-0.4, -0.2) is 39.8 Å². The van der Waals surface area contributed by atoms with Crippen molar-refractivity contribution in [1.82, 2.24) is 9.88 Å². The SMILES string of the molecule is C[C@H]1CN([C@@H](C)c2ccc(Cl)nc2)C(=O)C(O)O1. The van der Waals surface area contributed by atoms with E-state index in [1.54, 1.807) is 17.2 Å². The summed E-state index contributed by atoms with van der Waals surface area (Å²) in [5.41, 5.74) is 0.869. The molecule has 1 N–H and O–H groups in total. The van der Waals surface area contributed by atoms with Crippen molar-refractivity contribution in [3.05, 3.63) is 29.0 Å². The maximum atomic E-state index is 11.9. The lowest BCUT2D eigenvalue weighted by atomic mass is 10.1. The van der Waals surface area contributed by atoms with Crippen LogP contribution in [0.15, 0.2) is 18.3 Å². The zero-order valence-corrected chi connectivity index (χ0v) is 11.0. The van der Waals surface area contributed by atoms with Crippen LogP contribution >= 0.6 is 11.6 Å². The third-order valence-corrected chi connectivity index (χ3v) is 3.23. The van der Waals surface area contributed by atoms with E-state index in [-0.39, 0.29) is 12.1 Å². The number of hydrogen-bond acceptors (Lipinski definition) is 4. The van der Waals surface area contributed by atoms with Crippen LogP contribution in [0.4, 0.5) is 0 Å². The second-order valence-electron chi connectivity index (χ2n) is 4.38. The molecule has 1 saturated heterocycles. The molecule has 5 nitrogen and oxygen atoms in total. The molecule has 3 atom stereocenters. The van der Waals surface area contributed by atoms with E-state index in [0.29, 0.717) is 11.7 Å². The second-order valence-corrected chi connectivity index (χ2v) is 4.77. The largest absolute Gasteiger partial charge is 0.360 e. The molecule has 1 aromatic rings. The number of morpholine rings is 1. The van der Waals surface area contributed by atoms with Gasteiger partial charge in [-0.05, 0) is 25.5 Å². The predicted molar refractivity (Wildman–Crippen MR) is 65.9 cm³/mol. The Hall–Kier alpha value is -1.17. The van der Waals surface area contributed by atoms with E-state index >= 15 is 0 Å². The highest BCUT2D eigenvalue weighted by molar-refractivity contribution is 6.29. The molecular weight excluding hydrogens is 256 g/mol. The second kappa shape index (κ2) is 5.22. The molecule has 0 aliphatic carbocycles. The van der Waals surface area contributed by atoms with Crippen molar-refractivity contribution < 1.29 is 14.6 Å². The maximum absolute atomic E-state index is 11.9. The van der Waals surface area contributed by atoms with Crippen molar-refractivity contribution in [1.29, 1.82) is 0 Å². The molecule has 1 aliphatic rings. The third kappa shape index (κ3) is 2.63. The monoisotopic (exact) mass is 270 g/mol. The zero-order valence-electron chi connectivity index (χ0n) is 10.2. The summed E-state index contributed by atoms with van der Waals surface area (Å²) in [6.45, 7) is 4.14. The van der Waals surface area contributed by atoms with Gasteiger partial charge >= 0.3 is 0 Å². The van der Waals surface area contributed by atoms with Gasteiger partial charge in [0, 0.05) is 12.7 Å². The van der Waals surface area contributed by atoms with Crippen LogP contribution in [-0.2, 0) is 9.53 Å². The lowest BCUT2D eigenvalue weighted by Crippen LogP contribution is -2.51. The van der Waals surface area contributed by atoms with Gasteiger partial charge in [0.2, 0.25) is 6.29 Å². The first-order valence-electron chi connectivity index (χ1n) is 5.74. The number of pyridine rings is 1. The van der Waals surface area contributed by atoms with Crippen LogP contribution in [0.25, 0.3) is 0 Å². The molecule has 98 valence electrons. The van der Waals surface area contributed by atoms with Crippen LogP contribution < -0.4 is 0 Å². The zero-order chi connectivity index (χ0) is 13.3. The Morgan fingerprint density at radius 3 is 2.94 bits per heavy atom. The van der Waals surface area contributed by atoms with Crippen molar-refractivity contribution in [3.63, 3.8) is 0 Å². The van der Waals surface area contributed by atoms with Crippen molar-refractivity contribution >= 4 is 17.5 Å². The summed E-state index contributed by atoms with van der Waals surface area (Å²) in [5, 5.41) is 9.92. The number of carbonyl (C=O) groups is 1. The van der Waals surface area contributed by atoms with Crippen molar-refractivity contribution in [2.24, 2.45) is 0 Å². The molecule has 0 bridgehead atoms. The highest BCUT2D eigenvalue weighted by atomic mass is 35.5. The number of nitrogens with zero attached hydrogens (tertiary/aromatic N) is 2. The lowest BCUT2D eigenvalue weighted by molar-refractivity contribution is -0.200. The van der Waals surface area contributed by atoms with E-state index in [1.807, 2.05) is 19.9 Å². The number of aliphatic hydroxyl groups excluding tert-OH is 1. The summed E-state index contributed by atoms with van der Waals surface area (Å²) < 4.78 is 5.06. The molecule has 18 heavy (non-hydrogen) atoms. The van der Waals surface area contributed by atoms with E-state index in [4.69, 9.17) is 16.3 Å². The van der Waals surface area contributed by atoms with Gasteiger partial charge in [-0.3, -0.25) is 4.79 Å². The molecule has 6 heteroatoms. The number of amides is 1. The fourth-order valence-corrected chi connectivity index (χ4v) is 2.11. The van der Waals surface area contributed by atoms with Crippen LogP contribution in [0.2, 0.25) is 5.15 Å². The molecule has 1 fully saturated rings. The van der Waals surface area contributed by atoms with Gasteiger partial charge in [0.15, 0.2) is 0 Å². The van der Waals surface area contributed by atoms with Crippen molar-refractivity contribution in [2.45, 2.75) is 32.3 Å². The van der Waals surface area contributed by atoms with Gasteiger partial charge < -0.3 is 14.7 Å². The number of ether oxygens (including phenoxy) is 1. The summed E-state index contributed by atoms with van der Waals surface area (Å²) in [7, 11) is 0. The number of aromatic nitrogens is 1. The molecule has 1 amide bonds. The minimum atomic E-state index is -1.38. The van der Waals surface area contributed by atoms with E-state index in [2.05, 4.69) is 4.98 Å². The maximum Gasteiger partial charge on any atom is 0.279 e. The van der Waals surface area contributed by atoms with E-state index in [9.17, 15) is 9.90 Å². The van der Waals surface area contributed by atoms with Gasteiger partial charge in [0.1, 0.15) is 5.15 Å². The summed E-state index contributed by atoms with van der Waals surface area (Å²) in [6.07, 6.45) is 0.0594. The van der Waals surface area contributed by atoms with Gasteiger partial charge in [-0.15, -0.1) is 0 Å². The number of carbonyl (C=O) groups excluding carboxylic acids is 1. The van der Waals surface area contributed by atoms with Gasteiger partial charge in [-0.2, -0.15) is 0 Å². The minimum absolute atomic E-state index is 0.178. The van der Waals surface area contributed by atoms with Crippen molar-refractivity contribution in [3.8, 4) is 0 Å². The van der Waals surface area contributed by atoms with Crippen LogP contribution in [0.3, 0.4) is 0 Å². The number of hydrogen-bond donors (Lipinski definition) is 1. The Morgan fingerprint density at radius 1 is 1.61 bits per heavy atom. The highest BCUT2D eigenvalue weighted by Crippen LogP contribution is 2.24. The molecule has 2 rings (SSSR count). The van der Waals surface area contributed by atoms with Crippen LogP contribution in [0, 0.1) is 0 Å². The number of aliphatic hydroxyl groups is 1. The number of rotatable bonds is 2. The van der Waals surface area contributed by atoms with Gasteiger partial charge in [-0.25, -0.2) is 4.98 Å². The Morgan fingerprint density at radius 2 is 2.33 bits per heavy atom. The van der Waals surface area contributed by atoms with Gasteiger partial charge in [-0.1, -0.05) is 17.7 Å². The Labute approximate surface area is 110 Å². The Balaban J connectivity index is 2.19. The fraction of sp³-hybridized carbons (Fsp3) is 0.500. The average Bonchev–Trinajstić information content (AvgIpc) is 2.34. The first kappa shape index (κ1) is 13.3. The molecule has 2 heterocycles. The number of halogens is 1. The average molecular weight is 271 g/mol. The summed E-state index contributed by atoms with van der Waals surface area (Å²) in [4.78, 5) is 17.4. The van der Waals surface area contributed by atoms with Crippen LogP contribution in [0.1, 0.15) is 25.5 Å². The summed E-state index contributed by atoms with van der Waals surface area (Å²) in [5.74, 6) is -0.421. The fourth-order valence-electron chi connectivity index (χ4n) is 1.99. The summed E-state index contributed by atoms with van der Waals surface area (Å²) in [6, 6.07) is 3.32. The first-order valence-corrected chi connectivity index (χ1v) is 6.12. The Bertz CT molecular complexity index is 437. The highest BCUT2D eigenvalue weighted by Gasteiger charge is 2.34. The normalized spacial score (nSPS) is 26.2. The molecule has 0 radical (unpaired) electrons. The quantitative estimate of drug-likeness (QED) is 0.825. The molecular formula is C12H15ClN2O3. The topological polar surface area (TPSA) is 62.7 Å². The minimum Gasteiger partial charge on any atom is -0.360 e. The van der Waals surface area contributed by atoms with Gasteiger partial charge in [0.25, 0.3) is 5.91 Å². The first-order chi connectivity index (χ1) is 8.49. The van der Waals surface area contributed by atoms with E-state index < -0.39 is 12.2 Å². The molecule has 1 unspecified atom stereocenters. The molecule has 1 aromatic heterocycles. The lowest BCUT2D eigenvalue weighted by Gasteiger charge is -2.37. The Kier molecular flexibility index (Phi) is 3.85. The van der Waals surface area contributed by atoms with Crippen molar-refractivity contribution in [2.75, 3.05) is 6.54 Å². The van der Waals surface area contributed by atoms with Crippen LogP contribution in [0.5, 0.6) is 0 Å². The molecule has 1 aliphatic heterocycles. The molecule has 0 spiro atoms. The smallest absolute Gasteiger partial charge is 0.279 e. The van der Waals surface area contributed by atoms with E-state index in [1.165, 1.54) is 0 Å². The summed E-state index contributed by atoms with van der Waals surface area (Å²) >= 11 is 5.73. The van der Waals surface area contributed by atoms with E-state index in [0.717, 1.165) is 5.56 Å². The molecule has 0 aromatic carbocycles.